The molecule has 20 nitrogen and oxygen atoms in total. The summed E-state index contributed by atoms with van der Waals surface area (Å²) in [7, 11) is 1.32. The number of esters is 1. The Morgan fingerprint density at radius 2 is 1.26 bits per heavy atom. The molecule has 20 heteroatoms. The molecule has 4 rings (SSSR count). The van der Waals surface area contributed by atoms with Crippen molar-refractivity contribution in [1.82, 2.24) is 25.2 Å². The first-order valence-electron chi connectivity index (χ1n) is 21.2. The molecule has 0 spiro atoms. The molecule has 342 valence electrons. The fraction of sp³-hybridized carbons (Fsp3) is 0.619. The quantitative estimate of drug-likeness (QED) is 0.0538. The summed E-state index contributed by atoms with van der Waals surface area (Å²) >= 11 is 0. The number of nitrogens with one attached hydrogen (secondary N) is 1. The molecule has 2 fully saturated rings. The third-order valence-corrected chi connectivity index (χ3v) is 9.90. The van der Waals surface area contributed by atoms with Crippen LogP contribution in [0.2, 0.25) is 0 Å². The van der Waals surface area contributed by atoms with Crippen molar-refractivity contribution < 1.29 is 71.9 Å². The summed E-state index contributed by atoms with van der Waals surface area (Å²) in [6, 6.07) is 0. The van der Waals surface area contributed by atoms with Crippen molar-refractivity contribution in [3.05, 3.63) is 24.3 Å². The van der Waals surface area contributed by atoms with Gasteiger partial charge in [-0.05, 0) is 63.7 Å². The fourth-order valence-corrected chi connectivity index (χ4v) is 6.44. The van der Waals surface area contributed by atoms with E-state index in [1.807, 2.05) is 13.8 Å². The van der Waals surface area contributed by atoms with E-state index in [1.165, 1.54) is 36.3 Å². The van der Waals surface area contributed by atoms with Gasteiger partial charge in [0.05, 0.1) is 12.5 Å². The maximum Gasteiger partial charge on any atom is 0.333 e. The van der Waals surface area contributed by atoms with Gasteiger partial charge in [0.25, 0.3) is 41.4 Å². The molecule has 0 aromatic carbocycles. The summed E-state index contributed by atoms with van der Waals surface area (Å²) in [4.78, 5) is 150. The molecule has 0 aromatic rings. The number of ether oxygens (including phenoxy) is 1. The van der Waals surface area contributed by atoms with Gasteiger partial charge in [-0.2, -0.15) is 5.06 Å². The first kappa shape index (κ1) is 52.1. The molecule has 1 N–H and O–H groups in total. The summed E-state index contributed by atoms with van der Waals surface area (Å²) in [5.41, 5.74) is 0. The van der Waals surface area contributed by atoms with Gasteiger partial charge in [0.15, 0.2) is 0 Å². The lowest BCUT2D eigenvalue weighted by molar-refractivity contribution is -0.197. The summed E-state index contributed by atoms with van der Waals surface area (Å²) in [6.07, 6.45) is 12.4. The normalized spacial score (nSPS) is 17.9. The van der Waals surface area contributed by atoms with E-state index in [-0.39, 0.29) is 93.6 Å². The van der Waals surface area contributed by atoms with Crippen LogP contribution in [0.3, 0.4) is 0 Å². The maximum atomic E-state index is 12.3. The highest BCUT2D eigenvalue weighted by molar-refractivity contribution is 6.13. The highest BCUT2D eigenvalue weighted by Gasteiger charge is 2.33. The summed E-state index contributed by atoms with van der Waals surface area (Å²) in [5.74, 6) is -4.46. The molecule has 0 radical (unpaired) electrons. The largest absolute Gasteiger partial charge is 0.465 e. The average molecular weight is 874 g/mol. The Bertz CT molecular complexity index is 1650. The maximum absolute atomic E-state index is 12.3. The number of hydrogen-bond acceptors (Lipinski definition) is 15. The molecular formula is C42H59N5O15. The van der Waals surface area contributed by atoms with E-state index in [4.69, 9.17) is 14.4 Å². The molecule has 8 amide bonds. The van der Waals surface area contributed by atoms with E-state index >= 15 is 0 Å². The second kappa shape index (κ2) is 28.4. The van der Waals surface area contributed by atoms with Crippen LogP contribution in [0.15, 0.2) is 24.3 Å². The number of amides is 8. The predicted molar refractivity (Wildman–Crippen MR) is 215 cm³/mol. The lowest BCUT2D eigenvalue weighted by Crippen LogP contribution is -2.36. The Morgan fingerprint density at radius 1 is 0.710 bits per heavy atom. The van der Waals surface area contributed by atoms with Crippen LogP contribution in [0.25, 0.3) is 0 Å². The third kappa shape index (κ3) is 18.7. The van der Waals surface area contributed by atoms with Crippen LogP contribution in [0, 0.1) is 11.8 Å². The second-order valence-corrected chi connectivity index (χ2v) is 14.5. The van der Waals surface area contributed by atoms with Crippen molar-refractivity contribution >= 4 is 71.5 Å². The monoisotopic (exact) mass is 873 g/mol. The minimum Gasteiger partial charge on any atom is -0.465 e. The Kier molecular flexibility index (Phi) is 23.9. The van der Waals surface area contributed by atoms with Crippen LogP contribution in [0.5, 0.6) is 0 Å². The number of imide groups is 3. The molecular weight excluding hydrogens is 814 g/mol. The van der Waals surface area contributed by atoms with Crippen molar-refractivity contribution in [2.75, 3.05) is 33.3 Å². The highest BCUT2D eigenvalue weighted by atomic mass is 16.7. The summed E-state index contributed by atoms with van der Waals surface area (Å²) in [6.45, 7) is 5.12. The molecule has 0 bridgehead atoms. The summed E-state index contributed by atoms with van der Waals surface area (Å²) in [5, 5.41) is 4.05. The van der Waals surface area contributed by atoms with E-state index in [1.54, 1.807) is 0 Å². The van der Waals surface area contributed by atoms with Gasteiger partial charge >= 0.3 is 17.9 Å². The minimum absolute atomic E-state index is 0.0103. The van der Waals surface area contributed by atoms with Gasteiger partial charge in [0.1, 0.15) is 6.29 Å². The number of rotatable bonds is 22. The Hall–Kier alpha value is -6.08. The minimum atomic E-state index is -0.629. The van der Waals surface area contributed by atoms with Crippen LogP contribution < -0.4 is 5.32 Å². The van der Waals surface area contributed by atoms with Gasteiger partial charge in [-0.15, -0.1) is 5.06 Å². The number of carbonyl (C=O) groups is 12. The van der Waals surface area contributed by atoms with Crippen molar-refractivity contribution in [2.24, 2.45) is 11.8 Å². The van der Waals surface area contributed by atoms with Crippen LogP contribution in [-0.2, 0) is 71.9 Å². The number of hydrogen-bond donors (Lipinski definition) is 1. The number of carbonyl (C=O) groups excluding carboxylic acids is 12. The number of aldehydes is 1. The molecule has 0 atom stereocenters. The van der Waals surface area contributed by atoms with Gasteiger partial charge in [-0.3, -0.25) is 53.0 Å². The van der Waals surface area contributed by atoms with Gasteiger partial charge in [0.2, 0.25) is 5.91 Å². The van der Waals surface area contributed by atoms with E-state index in [0.29, 0.717) is 75.8 Å². The number of unbranched alkanes of at least 4 members (excludes halogenated alkanes) is 4. The molecule has 62 heavy (non-hydrogen) atoms. The van der Waals surface area contributed by atoms with Crippen LogP contribution in [-0.4, -0.2) is 125 Å². The zero-order valence-electron chi connectivity index (χ0n) is 35.8. The zero-order chi connectivity index (χ0) is 46.0. The van der Waals surface area contributed by atoms with Crippen molar-refractivity contribution in [2.45, 2.75) is 123 Å². The fourth-order valence-electron chi connectivity index (χ4n) is 6.44. The molecule has 0 aromatic heterocycles. The van der Waals surface area contributed by atoms with E-state index in [9.17, 15) is 57.5 Å². The SMILES string of the molecule is CC.CN(OC(=O)CCCCCNC(=O)CCN1C(=O)C=CC1=O)C(=O)CCC=O.O=C(CCCCCOC(=O)C1CCC(CN2C(=O)C=CC2=O)CC1)ON1C(=O)CCC1=O. The Morgan fingerprint density at radius 3 is 1.84 bits per heavy atom. The Balaban J connectivity index is 0.000000414. The first-order valence-corrected chi connectivity index (χ1v) is 21.2. The van der Waals surface area contributed by atoms with Crippen molar-refractivity contribution in [3.63, 3.8) is 0 Å². The van der Waals surface area contributed by atoms with Crippen LogP contribution in [0.4, 0.5) is 0 Å². The molecule has 3 aliphatic heterocycles. The lowest BCUT2D eigenvalue weighted by Gasteiger charge is -2.29. The molecule has 3 heterocycles. The van der Waals surface area contributed by atoms with E-state index in [2.05, 4.69) is 5.32 Å². The van der Waals surface area contributed by atoms with Gasteiger partial charge < -0.3 is 24.5 Å². The number of nitrogens with zero attached hydrogens (tertiary/aromatic N) is 4. The molecule has 4 aliphatic rings. The standard InChI is InChI=1S/C22H28N2O8.C18H25N3O7.C2H6/c25-17-9-10-18(26)23(17)14-15-5-7-16(8-6-15)22(30)31-13-3-1-2-4-21(29)32-24-19(27)11-12-20(24)28;1-20(15(24)6-5-13-22)28-18(27)7-3-2-4-11-19-14(23)10-12-21-16(25)8-9-17(21)26;1-2/h9-10,15-16H,1-8,11-14H2;8-9,13H,2-7,10-12H2,1H3,(H,19,23);1-2H3. The first-order chi connectivity index (χ1) is 29.7. The smallest absolute Gasteiger partial charge is 0.333 e. The van der Waals surface area contributed by atoms with E-state index in [0.717, 1.165) is 22.8 Å². The van der Waals surface area contributed by atoms with Gasteiger partial charge in [-0.25, -0.2) is 9.59 Å². The Labute approximate surface area is 360 Å². The van der Waals surface area contributed by atoms with Crippen molar-refractivity contribution in [3.8, 4) is 0 Å². The molecule has 1 saturated heterocycles. The van der Waals surface area contributed by atoms with Gasteiger partial charge in [0, 0.05) is 95.9 Å². The van der Waals surface area contributed by atoms with Crippen LogP contribution >= 0.6 is 0 Å². The second-order valence-electron chi connectivity index (χ2n) is 14.5. The molecule has 1 aliphatic carbocycles. The van der Waals surface area contributed by atoms with E-state index < -0.39 is 41.5 Å². The average Bonchev–Trinajstić information content (AvgIpc) is 3.88. The summed E-state index contributed by atoms with van der Waals surface area (Å²) < 4.78 is 5.35. The predicted octanol–water partition coefficient (Wildman–Crippen LogP) is 2.33. The topological polar surface area (TPSA) is 258 Å². The zero-order valence-corrected chi connectivity index (χ0v) is 35.8. The number of hydroxylamine groups is 4. The third-order valence-electron chi connectivity index (χ3n) is 9.90. The van der Waals surface area contributed by atoms with Crippen LogP contribution in [0.1, 0.15) is 123 Å². The highest BCUT2D eigenvalue weighted by Crippen LogP contribution is 2.31. The van der Waals surface area contributed by atoms with Gasteiger partial charge in [-0.1, -0.05) is 20.3 Å². The molecule has 0 unspecified atom stereocenters. The molecule has 1 saturated carbocycles. The van der Waals surface area contributed by atoms with Crippen molar-refractivity contribution in [1.29, 1.82) is 0 Å². The lowest BCUT2D eigenvalue weighted by atomic mass is 9.82.